The molecular weight excluding hydrogens is 247 g/mol. The quantitative estimate of drug-likeness (QED) is 0.916. The first-order valence-electron chi connectivity index (χ1n) is 5.78. The van der Waals surface area contributed by atoms with Crippen molar-refractivity contribution in [2.45, 2.75) is 13.5 Å². The number of aryl methyl sites for hydroxylation is 1. The zero-order chi connectivity index (χ0) is 13.8. The van der Waals surface area contributed by atoms with Gasteiger partial charge in [-0.1, -0.05) is 24.3 Å². The average Bonchev–Trinajstić information content (AvgIpc) is 2.40. The first kappa shape index (κ1) is 13.1. The van der Waals surface area contributed by atoms with E-state index in [1.165, 1.54) is 18.2 Å². The van der Waals surface area contributed by atoms with Crippen LogP contribution in [-0.4, -0.2) is 11.1 Å². The molecule has 2 rings (SSSR count). The van der Waals surface area contributed by atoms with Gasteiger partial charge in [0.2, 0.25) is 0 Å². The van der Waals surface area contributed by atoms with Crippen LogP contribution in [0.15, 0.2) is 42.5 Å². The molecule has 0 bridgehead atoms. The lowest BCUT2D eigenvalue weighted by molar-refractivity contribution is 0.0694. The fourth-order valence-corrected chi connectivity index (χ4v) is 1.74. The Morgan fingerprint density at radius 2 is 2.00 bits per heavy atom. The molecule has 0 unspecified atom stereocenters. The lowest BCUT2D eigenvalue weighted by Crippen LogP contribution is -2.05. The van der Waals surface area contributed by atoms with Gasteiger partial charge in [0.15, 0.2) is 0 Å². The van der Waals surface area contributed by atoms with Gasteiger partial charge in [-0.3, -0.25) is 0 Å². The molecular formula is C15H13FO3. The third-order valence-electron chi connectivity index (χ3n) is 2.78. The van der Waals surface area contributed by atoms with Crippen molar-refractivity contribution in [3.05, 3.63) is 65.0 Å². The Morgan fingerprint density at radius 3 is 2.74 bits per heavy atom. The van der Waals surface area contributed by atoms with Gasteiger partial charge >= 0.3 is 5.97 Å². The molecule has 0 radical (unpaired) electrons. The van der Waals surface area contributed by atoms with Crippen molar-refractivity contribution in [2.75, 3.05) is 0 Å². The molecule has 4 heteroatoms. The first-order chi connectivity index (χ1) is 9.08. The van der Waals surface area contributed by atoms with Crippen LogP contribution < -0.4 is 4.74 Å². The molecule has 0 aromatic heterocycles. The minimum absolute atomic E-state index is 0.0900. The molecule has 1 N–H and O–H groups in total. The molecule has 0 atom stereocenters. The van der Waals surface area contributed by atoms with Gasteiger partial charge in [0.1, 0.15) is 18.2 Å². The lowest BCUT2D eigenvalue weighted by Gasteiger charge is -2.10. The highest BCUT2D eigenvalue weighted by Gasteiger charge is 2.10. The number of halogens is 1. The van der Waals surface area contributed by atoms with E-state index in [4.69, 9.17) is 9.84 Å². The Hall–Kier alpha value is -2.36. The van der Waals surface area contributed by atoms with Crippen LogP contribution in [-0.2, 0) is 6.61 Å². The number of ether oxygens (including phenoxy) is 1. The van der Waals surface area contributed by atoms with Crippen LogP contribution in [0.1, 0.15) is 21.5 Å². The van der Waals surface area contributed by atoms with Gasteiger partial charge in [0.25, 0.3) is 0 Å². The number of benzene rings is 2. The summed E-state index contributed by atoms with van der Waals surface area (Å²) in [4.78, 5) is 11.0. The molecule has 0 spiro atoms. The van der Waals surface area contributed by atoms with Crippen molar-refractivity contribution in [2.24, 2.45) is 0 Å². The van der Waals surface area contributed by atoms with Gasteiger partial charge in [0.05, 0.1) is 5.56 Å². The Kier molecular flexibility index (Phi) is 3.80. The minimum atomic E-state index is -1.00. The highest BCUT2D eigenvalue weighted by atomic mass is 19.1. The maximum Gasteiger partial charge on any atom is 0.336 e. The monoisotopic (exact) mass is 260 g/mol. The molecule has 98 valence electrons. The summed E-state index contributed by atoms with van der Waals surface area (Å²) in [6, 6.07) is 10.8. The van der Waals surface area contributed by atoms with Crippen molar-refractivity contribution in [1.82, 2.24) is 0 Å². The molecule has 3 nitrogen and oxygen atoms in total. The highest BCUT2D eigenvalue weighted by molar-refractivity contribution is 5.89. The second-order valence-electron chi connectivity index (χ2n) is 4.16. The maximum atomic E-state index is 13.1. The van der Waals surface area contributed by atoms with Gasteiger partial charge in [0, 0.05) is 11.6 Å². The fourth-order valence-electron chi connectivity index (χ4n) is 1.74. The molecule has 2 aromatic carbocycles. The number of rotatable bonds is 4. The molecule has 0 aliphatic carbocycles. The van der Waals surface area contributed by atoms with Crippen LogP contribution >= 0.6 is 0 Å². The summed E-state index contributed by atoms with van der Waals surface area (Å²) >= 11 is 0. The lowest BCUT2D eigenvalue weighted by atomic mass is 10.1. The van der Waals surface area contributed by atoms with Gasteiger partial charge in [-0.05, 0) is 24.6 Å². The zero-order valence-electron chi connectivity index (χ0n) is 10.4. The summed E-state index contributed by atoms with van der Waals surface area (Å²) in [5.74, 6) is -0.970. The largest absolute Gasteiger partial charge is 0.489 e. The van der Waals surface area contributed by atoms with Crippen LogP contribution in [0, 0.1) is 12.7 Å². The van der Waals surface area contributed by atoms with E-state index in [-0.39, 0.29) is 18.0 Å². The predicted molar refractivity (Wildman–Crippen MR) is 68.9 cm³/mol. The van der Waals surface area contributed by atoms with Crippen LogP contribution in [0.25, 0.3) is 0 Å². The Labute approximate surface area is 110 Å². The first-order valence-corrected chi connectivity index (χ1v) is 5.78. The molecule has 0 saturated carbocycles. The molecule has 0 heterocycles. The van der Waals surface area contributed by atoms with E-state index in [0.29, 0.717) is 11.3 Å². The van der Waals surface area contributed by atoms with E-state index in [2.05, 4.69) is 0 Å². The molecule has 0 saturated heterocycles. The third-order valence-corrected chi connectivity index (χ3v) is 2.78. The number of hydrogen-bond donors (Lipinski definition) is 1. The molecule has 0 aliphatic rings. The molecule has 0 amide bonds. The van der Waals surface area contributed by atoms with E-state index in [1.807, 2.05) is 0 Å². The van der Waals surface area contributed by atoms with E-state index in [0.717, 1.165) is 5.56 Å². The topological polar surface area (TPSA) is 46.5 Å². The van der Waals surface area contributed by atoms with Crippen molar-refractivity contribution >= 4 is 5.97 Å². The van der Waals surface area contributed by atoms with Crippen LogP contribution in [0.5, 0.6) is 5.75 Å². The van der Waals surface area contributed by atoms with Crippen molar-refractivity contribution < 1.29 is 19.0 Å². The van der Waals surface area contributed by atoms with Crippen molar-refractivity contribution in [1.29, 1.82) is 0 Å². The van der Waals surface area contributed by atoms with E-state index in [9.17, 15) is 9.18 Å². The van der Waals surface area contributed by atoms with Crippen LogP contribution in [0.2, 0.25) is 0 Å². The maximum absolute atomic E-state index is 13.1. The second-order valence-corrected chi connectivity index (χ2v) is 4.16. The zero-order valence-corrected chi connectivity index (χ0v) is 10.4. The van der Waals surface area contributed by atoms with Gasteiger partial charge in [-0.15, -0.1) is 0 Å². The summed E-state index contributed by atoms with van der Waals surface area (Å²) in [5, 5.41) is 9.05. The van der Waals surface area contributed by atoms with Gasteiger partial charge in [-0.25, -0.2) is 9.18 Å². The average molecular weight is 260 g/mol. The number of aromatic carboxylic acids is 1. The second kappa shape index (κ2) is 5.52. The van der Waals surface area contributed by atoms with E-state index < -0.39 is 5.97 Å². The minimum Gasteiger partial charge on any atom is -0.489 e. The molecule has 0 aliphatic heterocycles. The highest BCUT2D eigenvalue weighted by Crippen LogP contribution is 2.21. The van der Waals surface area contributed by atoms with Gasteiger partial charge < -0.3 is 9.84 Å². The number of carbonyl (C=O) groups is 1. The smallest absolute Gasteiger partial charge is 0.336 e. The number of carboxylic acid groups (broad SMARTS) is 1. The number of hydrogen-bond acceptors (Lipinski definition) is 2. The standard InChI is InChI=1S/C15H13FO3/c1-10-6-7-12(16)8-14(10)19-9-11-4-2-3-5-13(11)15(17)18/h2-8H,9H2,1H3,(H,17,18). The van der Waals surface area contributed by atoms with E-state index in [1.54, 1.807) is 31.2 Å². The molecule has 2 aromatic rings. The summed E-state index contributed by atoms with van der Waals surface area (Å²) in [5.41, 5.74) is 1.55. The van der Waals surface area contributed by atoms with Crippen LogP contribution in [0.3, 0.4) is 0 Å². The van der Waals surface area contributed by atoms with Gasteiger partial charge in [-0.2, -0.15) is 0 Å². The summed E-state index contributed by atoms with van der Waals surface area (Å²) in [6.07, 6.45) is 0. The Morgan fingerprint density at radius 1 is 1.26 bits per heavy atom. The van der Waals surface area contributed by atoms with Crippen LogP contribution in [0.4, 0.5) is 4.39 Å². The molecule has 19 heavy (non-hydrogen) atoms. The van der Waals surface area contributed by atoms with Crippen molar-refractivity contribution in [3.8, 4) is 5.75 Å². The van der Waals surface area contributed by atoms with Crippen molar-refractivity contribution in [3.63, 3.8) is 0 Å². The third kappa shape index (κ3) is 3.10. The predicted octanol–water partition coefficient (Wildman–Crippen LogP) is 3.41. The van der Waals surface area contributed by atoms with E-state index >= 15 is 0 Å². The fraction of sp³-hybridized carbons (Fsp3) is 0.133. The number of carboxylic acids is 1. The summed E-state index contributed by atoms with van der Waals surface area (Å²) < 4.78 is 18.6. The SMILES string of the molecule is Cc1ccc(F)cc1OCc1ccccc1C(=O)O. The summed E-state index contributed by atoms with van der Waals surface area (Å²) in [6.45, 7) is 1.89. The summed E-state index contributed by atoms with van der Waals surface area (Å²) in [7, 11) is 0. The Bertz CT molecular complexity index is 608. The molecule has 0 fully saturated rings. The normalized spacial score (nSPS) is 10.2. The Balaban J connectivity index is 2.19.